The third-order valence-electron chi connectivity index (χ3n) is 2.33. The van der Waals surface area contributed by atoms with E-state index in [1.807, 2.05) is 32.1 Å². The Hall–Kier alpha value is -1.77. The lowest BCUT2D eigenvalue weighted by Gasteiger charge is -2.21. The Morgan fingerprint density at radius 3 is 2.47 bits per heavy atom. The number of hydrogen-bond acceptors (Lipinski definition) is 3. The number of benzene rings is 1. The van der Waals surface area contributed by atoms with Crippen LogP contribution in [0.4, 0.5) is 0 Å². The Balaban J connectivity index is 2.26. The average molecular weight is 202 g/mol. The van der Waals surface area contributed by atoms with E-state index in [0.717, 1.165) is 17.0 Å². The molecule has 1 atom stereocenters. The number of rotatable bonds is 1. The number of aromatic hydroxyl groups is 1. The van der Waals surface area contributed by atoms with Gasteiger partial charge in [-0.2, -0.15) is 0 Å². The summed E-state index contributed by atoms with van der Waals surface area (Å²) in [7, 11) is 0. The van der Waals surface area contributed by atoms with Crippen molar-refractivity contribution in [2.75, 3.05) is 0 Å². The number of phenols is 1. The molecule has 15 heavy (non-hydrogen) atoms. The van der Waals surface area contributed by atoms with Gasteiger partial charge in [0.25, 0.3) is 0 Å². The molecule has 3 nitrogen and oxygen atoms in total. The van der Waals surface area contributed by atoms with Crippen molar-refractivity contribution in [2.24, 2.45) is 4.99 Å². The summed E-state index contributed by atoms with van der Waals surface area (Å²) in [6.45, 7) is 4.00. The Labute approximate surface area is 89.2 Å². The van der Waals surface area contributed by atoms with E-state index in [1.54, 1.807) is 12.1 Å². The molecule has 78 valence electrons. The van der Waals surface area contributed by atoms with Gasteiger partial charge in [-0.25, -0.2) is 0 Å². The molecule has 0 spiro atoms. The zero-order valence-electron chi connectivity index (χ0n) is 8.86. The van der Waals surface area contributed by atoms with Gasteiger partial charge < -0.3 is 10.4 Å². The zero-order valence-corrected chi connectivity index (χ0v) is 8.86. The van der Waals surface area contributed by atoms with Gasteiger partial charge in [0, 0.05) is 11.4 Å². The summed E-state index contributed by atoms with van der Waals surface area (Å²) < 4.78 is 0. The topological polar surface area (TPSA) is 44.6 Å². The number of hydrogen-bond donors (Lipinski definition) is 2. The molecule has 0 unspecified atom stereocenters. The second kappa shape index (κ2) is 3.77. The minimum absolute atomic E-state index is 0.0319. The molecule has 3 heteroatoms. The van der Waals surface area contributed by atoms with Crippen LogP contribution < -0.4 is 5.32 Å². The van der Waals surface area contributed by atoms with Crippen LogP contribution in [-0.2, 0) is 0 Å². The molecule has 2 N–H and O–H groups in total. The molecule has 0 radical (unpaired) electrons. The monoisotopic (exact) mass is 202 g/mol. The standard InChI is InChI=1S/C12H14N2O/c1-8-7-9(2)14-12(13-8)10-3-5-11(15)6-4-10/h3-7,12-13,15H,1-2H3/t12-/m1/s1. The Morgan fingerprint density at radius 2 is 1.87 bits per heavy atom. The van der Waals surface area contributed by atoms with Crippen LogP contribution in [0.15, 0.2) is 41.0 Å². The summed E-state index contributed by atoms with van der Waals surface area (Å²) in [5.41, 5.74) is 3.18. The zero-order chi connectivity index (χ0) is 10.8. The van der Waals surface area contributed by atoms with Gasteiger partial charge in [-0.05, 0) is 37.6 Å². The highest BCUT2D eigenvalue weighted by Gasteiger charge is 2.12. The van der Waals surface area contributed by atoms with E-state index >= 15 is 0 Å². The lowest BCUT2D eigenvalue weighted by atomic mass is 10.1. The van der Waals surface area contributed by atoms with Gasteiger partial charge in [0.15, 0.2) is 0 Å². The molecule has 2 rings (SSSR count). The number of allylic oxidation sites excluding steroid dienone is 2. The third-order valence-corrected chi connectivity index (χ3v) is 2.33. The van der Waals surface area contributed by atoms with Crippen LogP contribution in [-0.4, -0.2) is 10.8 Å². The highest BCUT2D eigenvalue weighted by Crippen LogP contribution is 2.21. The molecule has 0 aromatic heterocycles. The summed E-state index contributed by atoms with van der Waals surface area (Å²) in [6, 6.07) is 7.11. The number of aliphatic imine (C=N–C) groups is 1. The first-order chi connectivity index (χ1) is 7.15. The van der Waals surface area contributed by atoms with Gasteiger partial charge in [0.05, 0.1) is 0 Å². The van der Waals surface area contributed by atoms with Crippen molar-refractivity contribution in [3.63, 3.8) is 0 Å². The average Bonchev–Trinajstić information content (AvgIpc) is 2.17. The summed E-state index contributed by atoms with van der Waals surface area (Å²) in [4.78, 5) is 4.48. The second-order valence-corrected chi connectivity index (χ2v) is 3.74. The normalized spacial score (nSPS) is 20.3. The Kier molecular flexibility index (Phi) is 2.46. The van der Waals surface area contributed by atoms with E-state index in [1.165, 1.54) is 0 Å². The summed E-state index contributed by atoms with van der Waals surface area (Å²) >= 11 is 0. The molecule has 0 fully saturated rings. The van der Waals surface area contributed by atoms with Gasteiger partial charge >= 0.3 is 0 Å². The van der Waals surface area contributed by atoms with Gasteiger partial charge in [0.1, 0.15) is 11.9 Å². The predicted octanol–water partition coefficient (Wildman–Crippen LogP) is 2.36. The van der Waals surface area contributed by atoms with Crippen molar-refractivity contribution >= 4 is 5.71 Å². The first-order valence-electron chi connectivity index (χ1n) is 4.93. The summed E-state index contributed by atoms with van der Waals surface area (Å²) in [6.07, 6.45) is 1.98. The van der Waals surface area contributed by atoms with Crippen molar-refractivity contribution in [3.05, 3.63) is 41.6 Å². The quantitative estimate of drug-likeness (QED) is 0.734. The van der Waals surface area contributed by atoms with Crippen molar-refractivity contribution in [1.29, 1.82) is 0 Å². The highest BCUT2D eigenvalue weighted by molar-refractivity contribution is 5.94. The van der Waals surface area contributed by atoms with Crippen molar-refractivity contribution in [3.8, 4) is 5.75 Å². The van der Waals surface area contributed by atoms with E-state index in [-0.39, 0.29) is 11.9 Å². The molecule has 0 amide bonds. The molecule has 0 saturated carbocycles. The van der Waals surface area contributed by atoms with Gasteiger partial charge in [0.2, 0.25) is 0 Å². The van der Waals surface area contributed by atoms with Crippen LogP contribution in [0.2, 0.25) is 0 Å². The van der Waals surface area contributed by atoms with Crippen molar-refractivity contribution < 1.29 is 5.11 Å². The van der Waals surface area contributed by atoms with Gasteiger partial charge in [-0.3, -0.25) is 4.99 Å². The maximum atomic E-state index is 9.19. The Bertz CT molecular complexity index is 418. The van der Waals surface area contributed by atoms with Crippen molar-refractivity contribution in [1.82, 2.24) is 5.32 Å². The van der Waals surface area contributed by atoms with Crippen LogP contribution in [0, 0.1) is 0 Å². The maximum Gasteiger partial charge on any atom is 0.144 e. The lowest BCUT2D eigenvalue weighted by Crippen LogP contribution is -2.22. The molecule has 1 heterocycles. The first kappa shape index (κ1) is 9.77. The predicted molar refractivity (Wildman–Crippen MR) is 60.8 cm³/mol. The molecular weight excluding hydrogens is 188 g/mol. The summed E-state index contributed by atoms with van der Waals surface area (Å²) in [5, 5.41) is 12.5. The molecule has 1 aliphatic heterocycles. The molecule has 0 saturated heterocycles. The number of nitrogens with one attached hydrogen (secondary N) is 1. The maximum absolute atomic E-state index is 9.19. The van der Waals surface area contributed by atoms with E-state index < -0.39 is 0 Å². The van der Waals surface area contributed by atoms with Gasteiger partial charge in [-0.15, -0.1) is 0 Å². The fourth-order valence-corrected chi connectivity index (χ4v) is 1.66. The third kappa shape index (κ3) is 2.18. The molecule has 0 bridgehead atoms. The minimum atomic E-state index is -0.0319. The first-order valence-corrected chi connectivity index (χ1v) is 4.93. The molecular formula is C12H14N2O. The van der Waals surface area contributed by atoms with Crippen LogP contribution in [0.1, 0.15) is 25.6 Å². The Morgan fingerprint density at radius 1 is 1.20 bits per heavy atom. The lowest BCUT2D eigenvalue weighted by molar-refractivity contribution is 0.474. The SMILES string of the molecule is CC1=CC(C)=N[C@H](c2ccc(O)cc2)N1. The van der Waals surface area contributed by atoms with Crippen LogP contribution in [0.25, 0.3) is 0 Å². The summed E-state index contributed by atoms with van der Waals surface area (Å²) in [5.74, 6) is 0.280. The van der Waals surface area contributed by atoms with E-state index in [0.29, 0.717) is 0 Å². The van der Waals surface area contributed by atoms with E-state index in [4.69, 9.17) is 0 Å². The van der Waals surface area contributed by atoms with E-state index in [2.05, 4.69) is 10.3 Å². The fourth-order valence-electron chi connectivity index (χ4n) is 1.66. The van der Waals surface area contributed by atoms with Gasteiger partial charge in [-0.1, -0.05) is 12.1 Å². The number of nitrogens with zero attached hydrogens (tertiary/aromatic N) is 1. The van der Waals surface area contributed by atoms with E-state index in [9.17, 15) is 5.11 Å². The van der Waals surface area contributed by atoms with Crippen LogP contribution in [0.3, 0.4) is 0 Å². The largest absolute Gasteiger partial charge is 0.508 e. The van der Waals surface area contributed by atoms with Crippen molar-refractivity contribution in [2.45, 2.75) is 20.0 Å². The van der Waals surface area contributed by atoms with Crippen LogP contribution >= 0.6 is 0 Å². The molecule has 0 aliphatic carbocycles. The molecule has 1 aromatic rings. The molecule has 1 aliphatic rings. The minimum Gasteiger partial charge on any atom is -0.508 e. The smallest absolute Gasteiger partial charge is 0.144 e. The fraction of sp³-hybridized carbons (Fsp3) is 0.250. The second-order valence-electron chi connectivity index (χ2n) is 3.74. The molecule has 1 aromatic carbocycles. The highest BCUT2D eigenvalue weighted by atomic mass is 16.3. The van der Waals surface area contributed by atoms with Crippen LogP contribution in [0.5, 0.6) is 5.75 Å². The number of phenolic OH excluding ortho intramolecular Hbond substituents is 1.